The zero-order valence-electron chi connectivity index (χ0n) is 12.5. The summed E-state index contributed by atoms with van der Waals surface area (Å²) in [6.45, 7) is 6.57. The molecule has 3 heteroatoms. The Balaban J connectivity index is 2.44. The Labute approximate surface area is 119 Å². The van der Waals surface area contributed by atoms with Crippen LogP contribution in [0.15, 0.2) is 42.6 Å². The van der Waals surface area contributed by atoms with Crippen LogP contribution in [-0.4, -0.2) is 9.55 Å². The normalized spacial score (nSPS) is 11.4. The van der Waals surface area contributed by atoms with Crippen molar-refractivity contribution in [1.82, 2.24) is 9.55 Å². The molecule has 0 saturated heterocycles. The van der Waals surface area contributed by atoms with Crippen molar-refractivity contribution in [2.45, 2.75) is 26.8 Å². The Bertz CT molecular complexity index is 769. The zero-order chi connectivity index (χ0) is 14.3. The van der Waals surface area contributed by atoms with E-state index in [0.29, 0.717) is 6.04 Å². The molecule has 0 aliphatic carbocycles. The summed E-state index contributed by atoms with van der Waals surface area (Å²) in [6.07, 6.45) is 1.86. The molecule has 2 aromatic heterocycles. The highest BCUT2D eigenvalue weighted by Crippen LogP contribution is 2.25. The highest BCUT2D eigenvalue weighted by atomic mass is 15.2. The first kappa shape index (κ1) is 12.9. The van der Waals surface area contributed by atoms with Crippen LogP contribution in [0, 0.1) is 6.92 Å². The molecule has 0 aliphatic heterocycles. The molecule has 0 radical (unpaired) electrons. The van der Waals surface area contributed by atoms with Crippen molar-refractivity contribution in [3.05, 3.63) is 48.2 Å². The van der Waals surface area contributed by atoms with E-state index >= 15 is 0 Å². The zero-order valence-corrected chi connectivity index (χ0v) is 12.5. The van der Waals surface area contributed by atoms with Crippen LogP contribution in [0.4, 0.5) is 0 Å². The molecule has 20 heavy (non-hydrogen) atoms. The van der Waals surface area contributed by atoms with Crippen LogP contribution >= 0.6 is 0 Å². The third kappa shape index (κ3) is 1.82. The van der Waals surface area contributed by atoms with Crippen LogP contribution in [0.1, 0.15) is 25.5 Å². The van der Waals surface area contributed by atoms with Crippen molar-refractivity contribution in [3.63, 3.8) is 0 Å². The molecule has 0 saturated carbocycles. The number of pyridine rings is 1. The number of hydrogen-bond donors (Lipinski definition) is 0. The molecule has 0 amide bonds. The molecule has 0 spiro atoms. The maximum absolute atomic E-state index is 4.58. The minimum absolute atomic E-state index is 0.364. The summed E-state index contributed by atoms with van der Waals surface area (Å²) < 4.78 is 4.56. The van der Waals surface area contributed by atoms with Crippen molar-refractivity contribution < 1.29 is 4.57 Å². The van der Waals surface area contributed by atoms with E-state index in [4.69, 9.17) is 0 Å². The lowest BCUT2D eigenvalue weighted by Gasteiger charge is -2.10. The van der Waals surface area contributed by atoms with Crippen LogP contribution in [0.2, 0.25) is 0 Å². The van der Waals surface area contributed by atoms with E-state index in [2.05, 4.69) is 72.3 Å². The highest BCUT2D eigenvalue weighted by molar-refractivity contribution is 5.73. The second-order valence-electron chi connectivity index (χ2n) is 5.51. The molecule has 3 aromatic rings. The smallest absolute Gasteiger partial charge is 0.256 e. The Hall–Kier alpha value is -2.16. The van der Waals surface area contributed by atoms with Gasteiger partial charge < -0.3 is 0 Å². The van der Waals surface area contributed by atoms with Crippen LogP contribution in [0.3, 0.4) is 0 Å². The van der Waals surface area contributed by atoms with E-state index < -0.39 is 0 Å². The van der Waals surface area contributed by atoms with Crippen molar-refractivity contribution in [2.75, 3.05) is 0 Å². The maximum Gasteiger partial charge on any atom is 0.302 e. The number of fused-ring (bicyclic) bond motifs is 1. The molecule has 3 rings (SSSR count). The van der Waals surface area contributed by atoms with Gasteiger partial charge in [-0.3, -0.25) is 4.57 Å². The molecular weight excluding hydrogens is 246 g/mol. The maximum atomic E-state index is 4.58. The predicted molar refractivity (Wildman–Crippen MR) is 81.5 cm³/mol. The molecule has 2 heterocycles. The quantitative estimate of drug-likeness (QED) is 0.651. The molecule has 0 unspecified atom stereocenters. The van der Waals surface area contributed by atoms with Gasteiger partial charge in [0.1, 0.15) is 6.20 Å². The molecule has 0 bridgehead atoms. The summed E-state index contributed by atoms with van der Waals surface area (Å²) >= 11 is 0. The van der Waals surface area contributed by atoms with Gasteiger partial charge in [0.15, 0.2) is 5.52 Å². The fraction of sp³-hybridized carbons (Fsp3) is 0.294. The van der Waals surface area contributed by atoms with Crippen molar-refractivity contribution in [3.8, 4) is 11.4 Å². The Morgan fingerprint density at radius 2 is 1.85 bits per heavy atom. The molecular formula is C17H20N3+. The van der Waals surface area contributed by atoms with E-state index in [1.165, 1.54) is 22.5 Å². The van der Waals surface area contributed by atoms with Gasteiger partial charge in [0.2, 0.25) is 5.82 Å². The minimum atomic E-state index is 0.364. The largest absolute Gasteiger partial charge is 0.302 e. The number of aromatic nitrogens is 3. The fourth-order valence-corrected chi connectivity index (χ4v) is 2.84. The van der Waals surface area contributed by atoms with Crippen molar-refractivity contribution >= 4 is 11.2 Å². The Kier molecular flexibility index (Phi) is 3.05. The molecule has 1 aromatic carbocycles. The van der Waals surface area contributed by atoms with Gasteiger partial charge in [0.05, 0.1) is 18.7 Å². The number of aryl methyl sites for hydroxylation is 2. The van der Waals surface area contributed by atoms with Crippen LogP contribution in [0.25, 0.3) is 22.6 Å². The van der Waals surface area contributed by atoms with E-state index in [-0.39, 0.29) is 0 Å². The van der Waals surface area contributed by atoms with Gasteiger partial charge in [-0.15, -0.1) is 4.98 Å². The van der Waals surface area contributed by atoms with Crippen LogP contribution in [0.5, 0.6) is 0 Å². The SMILES string of the molecule is Cc1ccccc1-c1n(C)c2cccnc2[n+]1C(C)C. The standard InChI is InChI=1S/C17H20N3/c1-12(2)20-16-15(10-7-11-18-16)19(4)17(20)14-9-6-5-8-13(14)3/h5-12H,1-4H3/q+1. The van der Waals surface area contributed by atoms with Crippen LogP contribution in [-0.2, 0) is 7.05 Å². The summed E-state index contributed by atoms with van der Waals surface area (Å²) in [4.78, 5) is 4.58. The molecule has 0 atom stereocenters. The minimum Gasteiger partial charge on any atom is -0.256 e. The molecule has 3 nitrogen and oxygen atoms in total. The summed E-state index contributed by atoms with van der Waals surface area (Å²) in [5.74, 6) is 1.21. The number of benzene rings is 1. The lowest BCUT2D eigenvalue weighted by molar-refractivity contribution is -0.683. The molecule has 0 aliphatic rings. The van der Waals surface area contributed by atoms with Crippen LogP contribution < -0.4 is 4.57 Å². The molecule has 0 fully saturated rings. The van der Waals surface area contributed by atoms with E-state index in [1.807, 2.05) is 12.3 Å². The summed E-state index contributed by atoms with van der Waals surface area (Å²) in [5, 5.41) is 0. The lowest BCUT2D eigenvalue weighted by Crippen LogP contribution is -2.38. The topological polar surface area (TPSA) is 21.7 Å². The molecule has 0 N–H and O–H groups in total. The number of hydrogen-bond acceptors (Lipinski definition) is 1. The predicted octanol–water partition coefficient (Wildman–Crippen LogP) is 3.42. The average molecular weight is 266 g/mol. The first-order valence-electron chi connectivity index (χ1n) is 7.02. The lowest BCUT2D eigenvalue weighted by atomic mass is 10.1. The van der Waals surface area contributed by atoms with E-state index in [1.54, 1.807) is 0 Å². The van der Waals surface area contributed by atoms with E-state index in [9.17, 15) is 0 Å². The summed E-state index contributed by atoms with van der Waals surface area (Å²) in [5.41, 5.74) is 4.76. The van der Waals surface area contributed by atoms with Gasteiger partial charge in [-0.1, -0.05) is 18.2 Å². The first-order chi connectivity index (χ1) is 9.61. The Morgan fingerprint density at radius 3 is 2.55 bits per heavy atom. The number of imidazole rings is 1. The number of nitrogens with zero attached hydrogens (tertiary/aromatic N) is 3. The third-order valence-corrected chi connectivity index (χ3v) is 3.80. The van der Waals surface area contributed by atoms with Crippen molar-refractivity contribution in [1.29, 1.82) is 0 Å². The van der Waals surface area contributed by atoms with Crippen molar-refractivity contribution in [2.24, 2.45) is 7.05 Å². The summed E-state index contributed by atoms with van der Waals surface area (Å²) in [6, 6.07) is 13.0. The first-order valence-corrected chi connectivity index (χ1v) is 7.02. The van der Waals surface area contributed by atoms with Gasteiger partial charge in [0.25, 0.3) is 0 Å². The average Bonchev–Trinajstić information content (AvgIpc) is 2.73. The second-order valence-corrected chi connectivity index (χ2v) is 5.51. The van der Waals surface area contributed by atoms with Gasteiger partial charge in [-0.2, -0.15) is 0 Å². The molecule has 102 valence electrons. The van der Waals surface area contributed by atoms with Gasteiger partial charge in [0, 0.05) is 0 Å². The van der Waals surface area contributed by atoms with Gasteiger partial charge >= 0.3 is 5.65 Å². The highest BCUT2D eigenvalue weighted by Gasteiger charge is 2.26. The summed E-state index contributed by atoms with van der Waals surface area (Å²) in [7, 11) is 2.12. The van der Waals surface area contributed by atoms with Gasteiger partial charge in [-0.05, 0) is 44.5 Å². The van der Waals surface area contributed by atoms with E-state index in [0.717, 1.165) is 5.65 Å². The third-order valence-electron chi connectivity index (χ3n) is 3.80. The van der Waals surface area contributed by atoms with Gasteiger partial charge in [-0.25, -0.2) is 4.57 Å². The second kappa shape index (κ2) is 4.75. The monoisotopic (exact) mass is 266 g/mol. The number of rotatable bonds is 2. The fourth-order valence-electron chi connectivity index (χ4n) is 2.84. The Morgan fingerprint density at radius 1 is 1.10 bits per heavy atom.